The van der Waals surface area contributed by atoms with Crippen molar-refractivity contribution in [2.75, 3.05) is 10.6 Å². The predicted molar refractivity (Wildman–Crippen MR) is 84.0 cm³/mol. The summed E-state index contributed by atoms with van der Waals surface area (Å²) in [4.78, 5) is 11.1. The smallest absolute Gasteiger partial charge is 0.221 e. The molecule has 0 heterocycles. The van der Waals surface area contributed by atoms with Crippen molar-refractivity contribution in [3.63, 3.8) is 0 Å². The maximum atomic E-state index is 11.1. The van der Waals surface area contributed by atoms with Gasteiger partial charge in [-0.2, -0.15) is 0 Å². The molecule has 2 aromatic carbocycles. The molecule has 0 saturated carbocycles. The van der Waals surface area contributed by atoms with Crippen LogP contribution in [0.4, 0.5) is 11.4 Å². The fraction of sp³-hybridized carbons (Fsp3) is 0.235. The van der Waals surface area contributed by atoms with Crippen LogP contribution >= 0.6 is 0 Å². The van der Waals surface area contributed by atoms with Crippen molar-refractivity contribution in [2.45, 2.75) is 27.3 Å². The highest BCUT2D eigenvalue weighted by molar-refractivity contribution is 5.89. The molecule has 2 aromatic rings. The molecule has 2 N–H and O–H groups in total. The lowest BCUT2D eigenvalue weighted by atomic mass is 10.1. The van der Waals surface area contributed by atoms with Gasteiger partial charge in [-0.05, 0) is 37.1 Å². The van der Waals surface area contributed by atoms with Gasteiger partial charge in [-0.25, -0.2) is 0 Å². The monoisotopic (exact) mass is 268 g/mol. The first-order chi connectivity index (χ1) is 9.54. The molecule has 0 spiro atoms. The van der Waals surface area contributed by atoms with Crippen LogP contribution in [0.2, 0.25) is 0 Å². The number of hydrogen-bond acceptors (Lipinski definition) is 2. The molecule has 0 aliphatic carbocycles. The minimum atomic E-state index is -0.0570. The molecule has 0 aliphatic heterocycles. The lowest BCUT2D eigenvalue weighted by Crippen LogP contribution is -2.07. The van der Waals surface area contributed by atoms with E-state index in [9.17, 15) is 4.79 Å². The van der Waals surface area contributed by atoms with Crippen LogP contribution < -0.4 is 10.6 Å². The van der Waals surface area contributed by atoms with E-state index in [0.717, 1.165) is 23.5 Å². The second-order valence-electron chi connectivity index (χ2n) is 5.05. The molecular weight excluding hydrogens is 248 g/mol. The summed E-state index contributed by atoms with van der Waals surface area (Å²) >= 11 is 0. The molecule has 20 heavy (non-hydrogen) atoms. The number of amides is 1. The first kappa shape index (κ1) is 14.1. The lowest BCUT2D eigenvalue weighted by Gasteiger charge is -2.12. The Kier molecular flexibility index (Phi) is 4.41. The van der Waals surface area contributed by atoms with E-state index < -0.39 is 0 Å². The number of aryl methyl sites for hydroxylation is 2. The van der Waals surface area contributed by atoms with Crippen molar-refractivity contribution in [1.82, 2.24) is 0 Å². The third-order valence-electron chi connectivity index (χ3n) is 3.12. The summed E-state index contributed by atoms with van der Waals surface area (Å²) in [5.41, 5.74) is 5.52. The molecule has 3 nitrogen and oxygen atoms in total. The molecule has 0 radical (unpaired) electrons. The first-order valence-corrected chi connectivity index (χ1v) is 6.72. The summed E-state index contributed by atoms with van der Waals surface area (Å²) in [5.74, 6) is -0.0570. The molecule has 0 atom stereocenters. The average molecular weight is 268 g/mol. The normalized spacial score (nSPS) is 10.2. The third kappa shape index (κ3) is 3.85. The van der Waals surface area contributed by atoms with E-state index >= 15 is 0 Å². The van der Waals surface area contributed by atoms with Gasteiger partial charge in [-0.15, -0.1) is 0 Å². The van der Waals surface area contributed by atoms with Gasteiger partial charge in [0.15, 0.2) is 0 Å². The largest absolute Gasteiger partial charge is 0.381 e. The van der Waals surface area contributed by atoms with Gasteiger partial charge < -0.3 is 10.6 Å². The van der Waals surface area contributed by atoms with E-state index in [2.05, 4.69) is 48.7 Å². The maximum Gasteiger partial charge on any atom is 0.221 e. The Morgan fingerprint density at radius 1 is 1.10 bits per heavy atom. The predicted octanol–water partition coefficient (Wildman–Crippen LogP) is 3.87. The standard InChI is InChI=1S/C17H20N2O/c1-12-5-4-6-15(9-12)11-18-17-10-16(19-14(3)20)8-7-13(17)2/h4-10,18H,11H2,1-3H3,(H,19,20). The van der Waals surface area contributed by atoms with Crippen LogP contribution in [0.1, 0.15) is 23.6 Å². The number of carbonyl (C=O) groups is 1. The zero-order chi connectivity index (χ0) is 14.5. The van der Waals surface area contributed by atoms with Crippen molar-refractivity contribution < 1.29 is 4.79 Å². The highest BCUT2D eigenvalue weighted by Crippen LogP contribution is 2.21. The first-order valence-electron chi connectivity index (χ1n) is 6.72. The number of anilines is 2. The summed E-state index contributed by atoms with van der Waals surface area (Å²) in [5, 5.41) is 6.22. The van der Waals surface area contributed by atoms with Crippen molar-refractivity contribution in [1.29, 1.82) is 0 Å². The molecule has 0 saturated heterocycles. The Labute approximate surface area is 120 Å². The van der Waals surface area contributed by atoms with E-state index in [0.29, 0.717) is 0 Å². The Morgan fingerprint density at radius 2 is 1.90 bits per heavy atom. The summed E-state index contributed by atoms with van der Waals surface area (Å²) < 4.78 is 0. The van der Waals surface area contributed by atoms with Gasteiger partial charge in [0.2, 0.25) is 5.91 Å². The average Bonchev–Trinajstić information content (AvgIpc) is 2.39. The molecular formula is C17H20N2O. The van der Waals surface area contributed by atoms with Gasteiger partial charge >= 0.3 is 0 Å². The van der Waals surface area contributed by atoms with Crippen LogP contribution in [0.15, 0.2) is 42.5 Å². The maximum absolute atomic E-state index is 11.1. The minimum absolute atomic E-state index is 0.0570. The van der Waals surface area contributed by atoms with Gasteiger partial charge in [0.1, 0.15) is 0 Å². The fourth-order valence-electron chi connectivity index (χ4n) is 2.11. The molecule has 104 valence electrons. The minimum Gasteiger partial charge on any atom is -0.381 e. The summed E-state index contributed by atoms with van der Waals surface area (Å²) in [6.45, 7) is 6.42. The Balaban J connectivity index is 2.10. The summed E-state index contributed by atoms with van der Waals surface area (Å²) in [7, 11) is 0. The Morgan fingerprint density at radius 3 is 2.60 bits per heavy atom. The molecule has 1 amide bonds. The van der Waals surface area contributed by atoms with Crippen LogP contribution in [0.5, 0.6) is 0 Å². The SMILES string of the molecule is CC(=O)Nc1ccc(C)c(NCc2cccc(C)c2)c1. The van der Waals surface area contributed by atoms with Crippen LogP contribution in [-0.4, -0.2) is 5.91 Å². The quantitative estimate of drug-likeness (QED) is 0.883. The lowest BCUT2D eigenvalue weighted by molar-refractivity contribution is -0.114. The zero-order valence-corrected chi connectivity index (χ0v) is 12.2. The Hall–Kier alpha value is -2.29. The molecule has 0 bridgehead atoms. The van der Waals surface area contributed by atoms with Gasteiger partial charge in [-0.3, -0.25) is 4.79 Å². The van der Waals surface area contributed by atoms with E-state index in [4.69, 9.17) is 0 Å². The molecule has 0 aliphatic rings. The van der Waals surface area contributed by atoms with Gasteiger partial charge in [0.05, 0.1) is 0 Å². The molecule has 0 unspecified atom stereocenters. The van der Waals surface area contributed by atoms with Crippen LogP contribution in [-0.2, 0) is 11.3 Å². The van der Waals surface area contributed by atoms with Gasteiger partial charge in [0.25, 0.3) is 0 Å². The van der Waals surface area contributed by atoms with Gasteiger partial charge in [-0.1, -0.05) is 35.9 Å². The number of nitrogens with one attached hydrogen (secondary N) is 2. The van der Waals surface area contributed by atoms with Crippen LogP contribution in [0.25, 0.3) is 0 Å². The number of benzene rings is 2. The third-order valence-corrected chi connectivity index (χ3v) is 3.12. The van der Waals surface area contributed by atoms with Crippen LogP contribution in [0, 0.1) is 13.8 Å². The second kappa shape index (κ2) is 6.24. The van der Waals surface area contributed by atoms with E-state index in [1.165, 1.54) is 18.1 Å². The number of carbonyl (C=O) groups excluding carboxylic acids is 1. The molecule has 3 heteroatoms. The van der Waals surface area contributed by atoms with E-state index in [-0.39, 0.29) is 5.91 Å². The van der Waals surface area contributed by atoms with Crippen LogP contribution in [0.3, 0.4) is 0 Å². The molecule has 0 aromatic heterocycles. The van der Waals surface area contributed by atoms with Crippen molar-refractivity contribution >= 4 is 17.3 Å². The summed E-state index contributed by atoms with van der Waals surface area (Å²) in [6, 6.07) is 14.3. The number of rotatable bonds is 4. The zero-order valence-electron chi connectivity index (χ0n) is 12.2. The second-order valence-corrected chi connectivity index (χ2v) is 5.05. The van der Waals surface area contributed by atoms with Crippen molar-refractivity contribution in [3.8, 4) is 0 Å². The number of hydrogen-bond donors (Lipinski definition) is 2. The highest BCUT2D eigenvalue weighted by Gasteiger charge is 2.02. The van der Waals surface area contributed by atoms with E-state index in [1.54, 1.807) is 0 Å². The topological polar surface area (TPSA) is 41.1 Å². The fourth-order valence-corrected chi connectivity index (χ4v) is 2.11. The van der Waals surface area contributed by atoms with Crippen molar-refractivity contribution in [3.05, 3.63) is 59.2 Å². The summed E-state index contributed by atoms with van der Waals surface area (Å²) in [6.07, 6.45) is 0. The highest BCUT2D eigenvalue weighted by atomic mass is 16.1. The Bertz CT molecular complexity index is 620. The van der Waals surface area contributed by atoms with Gasteiger partial charge in [0, 0.05) is 24.8 Å². The van der Waals surface area contributed by atoms with E-state index in [1.807, 2.05) is 18.2 Å². The molecule has 2 rings (SSSR count). The van der Waals surface area contributed by atoms with Crippen molar-refractivity contribution in [2.24, 2.45) is 0 Å². The molecule has 0 fully saturated rings.